The molecule has 436 valence electrons. The molecule has 0 aromatic rings. The van der Waals surface area contributed by atoms with Crippen LogP contribution in [0.4, 0.5) is 0 Å². The van der Waals surface area contributed by atoms with E-state index in [0.717, 1.165) is 12.0 Å². The van der Waals surface area contributed by atoms with Crippen LogP contribution in [-0.2, 0) is 42.7 Å². The van der Waals surface area contributed by atoms with Crippen LogP contribution >= 0.6 is 0 Å². The van der Waals surface area contributed by atoms with E-state index < -0.39 is 177 Å². The smallest absolute Gasteiger partial charge is 0.315 e. The maximum atomic E-state index is 14.8. The first kappa shape index (κ1) is 59.0. The number of hydrogen-bond donors (Lipinski definition) is 14. The average molecular weight is 1090 g/mol. The maximum absolute atomic E-state index is 14.8. The molecule has 8 fully saturated rings. The van der Waals surface area contributed by atoms with Crippen molar-refractivity contribution >= 4 is 5.97 Å². The van der Waals surface area contributed by atoms with Gasteiger partial charge in [-0.15, -0.1) is 0 Å². The molecule has 9 aliphatic rings. The molecule has 27 atom stereocenters. The van der Waals surface area contributed by atoms with Crippen molar-refractivity contribution in [2.24, 2.45) is 50.2 Å². The van der Waals surface area contributed by atoms with Crippen LogP contribution in [0.15, 0.2) is 11.6 Å². The number of ether oxygens (including phenoxy) is 8. The fourth-order valence-electron chi connectivity index (χ4n) is 16.4. The molecular formula is C53H86O23. The van der Waals surface area contributed by atoms with E-state index in [2.05, 4.69) is 47.6 Å². The Labute approximate surface area is 442 Å². The van der Waals surface area contributed by atoms with Gasteiger partial charge in [-0.25, -0.2) is 0 Å². The van der Waals surface area contributed by atoms with Gasteiger partial charge in [-0.2, -0.15) is 0 Å². The van der Waals surface area contributed by atoms with E-state index >= 15 is 0 Å². The molecule has 4 saturated carbocycles. The molecule has 0 aromatic heterocycles. The van der Waals surface area contributed by atoms with Crippen molar-refractivity contribution in [2.75, 3.05) is 33.0 Å². The number of allylic oxidation sites excluding steroid dienone is 1. The molecule has 0 radical (unpaired) electrons. The minimum Gasteiger partial charge on any atom is -0.432 e. The van der Waals surface area contributed by atoms with E-state index in [4.69, 9.17) is 37.9 Å². The second-order valence-electron chi connectivity index (χ2n) is 25.7. The maximum Gasteiger partial charge on any atom is 0.315 e. The Kier molecular flexibility index (Phi) is 16.8. The number of hydrogen-bond acceptors (Lipinski definition) is 23. The fraction of sp³-hybridized carbons (Fsp3) is 0.943. The van der Waals surface area contributed by atoms with E-state index in [-0.39, 0.29) is 35.2 Å². The molecule has 9 rings (SSSR count). The number of fused-ring (bicyclic) bond motifs is 7. The van der Waals surface area contributed by atoms with Crippen LogP contribution in [0.2, 0.25) is 0 Å². The van der Waals surface area contributed by atoms with Crippen LogP contribution in [0.5, 0.6) is 0 Å². The average Bonchev–Trinajstić information content (AvgIpc) is 3.57. The zero-order chi connectivity index (χ0) is 55.4. The zero-order valence-electron chi connectivity index (χ0n) is 44.4. The van der Waals surface area contributed by atoms with Gasteiger partial charge in [-0.1, -0.05) is 53.2 Å². The third-order valence-electron chi connectivity index (χ3n) is 21.0. The first-order valence-corrected chi connectivity index (χ1v) is 27.4. The lowest BCUT2D eigenvalue weighted by molar-refractivity contribution is -0.389. The van der Waals surface area contributed by atoms with E-state index in [1.54, 1.807) is 0 Å². The predicted molar refractivity (Wildman–Crippen MR) is 258 cm³/mol. The van der Waals surface area contributed by atoms with E-state index in [0.29, 0.717) is 57.8 Å². The van der Waals surface area contributed by atoms with Crippen molar-refractivity contribution in [2.45, 2.75) is 229 Å². The molecule has 0 spiro atoms. The normalized spacial score (nSPS) is 53.0. The van der Waals surface area contributed by atoms with Crippen LogP contribution in [-0.4, -0.2) is 233 Å². The van der Waals surface area contributed by atoms with Gasteiger partial charge in [0.1, 0.15) is 91.6 Å². The summed E-state index contributed by atoms with van der Waals surface area (Å²) >= 11 is 0. The molecular weight excluding hydrogens is 1000 g/mol. The summed E-state index contributed by atoms with van der Waals surface area (Å²) in [5.41, 5.74) is -2.26. The SMILES string of the molecule is CC1(C)CCC2(C(=O)OC3OC(CO)C(O)C(O)C3O)CCC3(CO)C(=CCC4C5(C)CCC(OC6OCC(O)C(OC7OC(CO)C(O)C(O)C7O)C6OC6OC(CO)C(O)C(O)C6O)C(C)(C)C5CCC43C)C2C1. The Morgan fingerprint density at radius 3 is 1.66 bits per heavy atom. The van der Waals surface area contributed by atoms with Crippen molar-refractivity contribution in [3.63, 3.8) is 0 Å². The van der Waals surface area contributed by atoms with Crippen LogP contribution in [0.1, 0.15) is 106 Å². The van der Waals surface area contributed by atoms with Crippen molar-refractivity contribution in [3.8, 4) is 0 Å². The molecule has 23 heteroatoms. The lowest BCUT2D eigenvalue weighted by atomic mass is 9.33. The van der Waals surface area contributed by atoms with Crippen LogP contribution in [0.25, 0.3) is 0 Å². The molecule has 76 heavy (non-hydrogen) atoms. The van der Waals surface area contributed by atoms with Gasteiger partial charge in [0, 0.05) is 5.41 Å². The van der Waals surface area contributed by atoms with Gasteiger partial charge in [-0.05, 0) is 104 Å². The van der Waals surface area contributed by atoms with E-state index in [1.807, 2.05) is 0 Å². The largest absolute Gasteiger partial charge is 0.432 e. The van der Waals surface area contributed by atoms with Crippen molar-refractivity contribution < 1.29 is 114 Å². The summed E-state index contributed by atoms with van der Waals surface area (Å²) in [4.78, 5) is 14.8. The first-order valence-electron chi connectivity index (χ1n) is 27.4. The molecule has 5 aliphatic carbocycles. The Morgan fingerprint density at radius 2 is 1.11 bits per heavy atom. The van der Waals surface area contributed by atoms with Crippen molar-refractivity contribution in [3.05, 3.63) is 11.6 Å². The first-order chi connectivity index (χ1) is 35.7. The highest BCUT2D eigenvalue weighted by Gasteiger charge is 2.71. The molecule has 4 aliphatic heterocycles. The van der Waals surface area contributed by atoms with E-state index in [1.165, 1.54) is 0 Å². The van der Waals surface area contributed by atoms with E-state index in [9.17, 15) is 76.3 Å². The van der Waals surface area contributed by atoms with Gasteiger partial charge in [0.25, 0.3) is 0 Å². The second-order valence-corrected chi connectivity index (χ2v) is 25.7. The number of esters is 1. The lowest BCUT2D eigenvalue weighted by Crippen LogP contribution is -2.68. The Bertz CT molecular complexity index is 2070. The zero-order valence-corrected chi connectivity index (χ0v) is 44.4. The topological polar surface area (TPSA) is 374 Å². The number of carbonyl (C=O) groups is 1. The highest BCUT2D eigenvalue weighted by Crippen LogP contribution is 2.76. The number of aliphatic hydroxyl groups excluding tert-OH is 14. The third-order valence-corrected chi connectivity index (χ3v) is 21.0. The summed E-state index contributed by atoms with van der Waals surface area (Å²) in [6, 6.07) is 0. The summed E-state index contributed by atoms with van der Waals surface area (Å²) in [6.45, 7) is 10.5. The molecule has 0 aromatic carbocycles. The summed E-state index contributed by atoms with van der Waals surface area (Å²) in [5, 5.41) is 150. The van der Waals surface area contributed by atoms with Crippen molar-refractivity contribution in [1.29, 1.82) is 0 Å². The molecule has 27 unspecified atom stereocenters. The summed E-state index contributed by atoms with van der Waals surface area (Å²) < 4.78 is 48.6. The number of aliphatic hydroxyl groups is 14. The van der Waals surface area contributed by atoms with Gasteiger partial charge in [0.15, 0.2) is 18.9 Å². The monoisotopic (exact) mass is 1090 g/mol. The molecule has 4 heterocycles. The van der Waals surface area contributed by atoms with Crippen LogP contribution in [0, 0.1) is 50.2 Å². The molecule has 14 N–H and O–H groups in total. The minimum atomic E-state index is -1.89. The summed E-state index contributed by atoms with van der Waals surface area (Å²) in [7, 11) is 0. The second kappa shape index (κ2) is 21.6. The highest BCUT2D eigenvalue weighted by molar-refractivity contribution is 5.79. The Morgan fingerprint density at radius 1 is 0.579 bits per heavy atom. The van der Waals surface area contributed by atoms with Crippen LogP contribution in [0.3, 0.4) is 0 Å². The standard InChI is InChI=1S/C53H86O23/c1-48(2)13-14-52(47(68)76-45-40(67)37(64)34(61)28(20-56)72-45)15-16-53(22-57)23(24(52)17-48)7-8-30-50(5)11-10-31(49(3,4)29(50)9-12-51(30,53)6)73-46-42(75-44-39(66)36(63)33(60)27(19-55)71-44)41(25(58)21-69-46)74-43-38(65)35(62)32(59)26(18-54)70-43/h7,24-46,54-67H,8-22H2,1-6H3. The van der Waals surface area contributed by atoms with Gasteiger partial charge in [-0.3, -0.25) is 4.79 Å². The summed E-state index contributed by atoms with van der Waals surface area (Å²) in [6.07, 6.45) is -23.5. The number of rotatable bonds is 12. The molecule has 0 amide bonds. The van der Waals surface area contributed by atoms with Gasteiger partial charge >= 0.3 is 5.97 Å². The lowest BCUT2D eigenvalue weighted by Gasteiger charge is -2.71. The highest BCUT2D eigenvalue weighted by atomic mass is 16.8. The summed E-state index contributed by atoms with van der Waals surface area (Å²) in [5.74, 6) is -0.844. The van der Waals surface area contributed by atoms with Crippen molar-refractivity contribution in [1.82, 2.24) is 0 Å². The van der Waals surface area contributed by atoms with Crippen LogP contribution < -0.4 is 0 Å². The Hall–Kier alpha value is -1.63. The molecule has 23 nitrogen and oxygen atoms in total. The fourth-order valence-corrected chi connectivity index (χ4v) is 16.4. The Balaban J connectivity index is 0.988. The quantitative estimate of drug-likeness (QED) is 0.0549. The molecule has 0 bridgehead atoms. The van der Waals surface area contributed by atoms with Gasteiger partial charge in [0.2, 0.25) is 6.29 Å². The predicted octanol–water partition coefficient (Wildman–Crippen LogP) is -2.42. The minimum absolute atomic E-state index is 0.0208. The third kappa shape index (κ3) is 9.46. The van der Waals surface area contributed by atoms with Gasteiger partial charge < -0.3 is 109 Å². The van der Waals surface area contributed by atoms with Gasteiger partial charge in [0.05, 0.1) is 44.6 Å². The number of carbonyl (C=O) groups excluding carboxylic acids is 1. The molecule has 4 saturated heterocycles.